The molecule has 152 valence electrons. The third kappa shape index (κ3) is 4.64. The van der Waals surface area contributed by atoms with Crippen molar-refractivity contribution in [3.63, 3.8) is 0 Å². The molecule has 0 fully saturated rings. The van der Waals surface area contributed by atoms with Crippen LogP contribution in [-0.2, 0) is 0 Å². The Bertz CT molecular complexity index is 1280. The van der Waals surface area contributed by atoms with Crippen molar-refractivity contribution in [2.75, 3.05) is 0 Å². The zero-order chi connectivity index (χ0) is 21.6. The molecule has 1 heterocycles. The molecule has 0 saturated carbocycles. The fourth-order valence-corrected chi connectivity index (χ4v) is 3.15. The number of hydrogen-bond donors (Lipinski definition) is 1. The second kappa shape index (κ2) is 9.00. The van der Waals surface area contributed by atoms with Crippen molar-refractivity contribution in [2.24, 2.45) is 5.10 Å². The van der Waals surface area contributed by atoms with Gasteiger partial charge in [-0.25, -0.2) is 10.2 Å². The Morgan fingerprint density at radius 3 is 2.55 bits per heavy atom. The minimum Gasteiger partial charge on any atom is -0.422 e. The van der Waals surface area contributed by atoms with Crippen molar-refractivity contribution in [3.8, 4) is 5.75 Å². The van der Waals surface area contributed by atoms with E-state index in [-0.39, 0.29) is 5.91 Å². The summed E-state index contributed by atoms with van der Waals surface area (Å²) < 4.78 is 5.69. The number of hydrogen-bond acceptors (Lipinski definition) is 5. The van der Waals surface area contributed by atoms with Gasteiger partial charge < -0.3 is 4.74 Å². The van der Waals surface area contributed by atoms with Crippen LogP contribution < -0.4 is 10.2 Å². The van der Waals surface area contributed by atoms with Gasteiger partial charge in [-0.05, 0) is 48.0 Å². The predicted octanol–water partition coefficient (Wildman–Crippen LogP) is 4.53. The van der Waals surface area contributed by atoms with Gasteiger partial charge in [0.1, 0.15) is 5.75 Å². The van der Waals surface area contributed by atoms with Crippen molar-refractivity contribution in [1.82, 2.24) is 10.4 Å². The number of fused-ring (bicyclic) bond motifs is 1. The van der Waals surface area contributed by atoms with Crippen LogP contribution in [0.15, 0.2) is 90.3 Å². The van der Waals surface area contributed by atoms with Crippen LogP contribution in [-0.4, -0.2) is 23.1 Å². The van der Waals surface area contributed by atoms with E-state index in [0.29, 0.717) is 22.4 Å². The standard InChI is InChI=1S/C25H19N3O3/c1-17-5-4-7-20(15-17)25(30)31-23-10-9-18-6-2-3-8-21(18)22(23)16-27-28-24(29)19-11-13-26-14-12-19/h2-16H,1H3,(H,28,29). The molecule has 0 radical (unpaired) electrons. The number of aromatic nitrogens is 1. The van der Waals surface area contributed by atoms with Crippen molar-refractivity contribution in [1.29, 1.82) is 0 Å². The predicted molar refractivity (Wildman–Crippen MR) is 119 cm³/mol. The number of nitrogens with zero attached hydrogens (tertiary/aromatic N) is 2. The number of carbonyl (C=O) groups is 2. The van der Waals surface area contributed by atoms with Crippen molar-refractivity contribution in [2.45, 2.75) is 6.92 Å². The van der Waals surface area contributed by atoms with E-state index in [1.54, 1.807) is 30.3 Å². The molecule has 6 nitrogen and oxygen atoms in total. The van der Waals surface area contributed by atoms with Crippen LogP contribution in [0.2, 0.25) is 0 Å². The summed E-state index contributed by atoms with van der Waals surface area (Å²) in [5, 5.41) is 5.89. The zero-order valence-electron chi connectivity index (χ0n) is 16.8. The summed E-state index contributed by atoms with van der Waals surface area (Å²) >= 11 is 0. The Morgan fingerprint density at radius 1 is 0.935 bits per heavy atom. The van der Waals surface area contributed by atoms with Gasteiger partial charge >= 0.3 is 5.97 Å². The van der Waals surface area contributed by atoms with Crippen molar-refractivity contribution in [3.05, 3.63) is 107 Å². The molecule has 1 amide bonds. The second-order valence-electron chi connectivity index (χ2n) is 6.89. The summed E-state index contributed by atoms with van der Waals surface area (Å²) in [7, 11) is 0. The van der Waals surface area contributed by atoms with E-state index in [0.717, 1.165) is 16.3 Å². The normalized spacial score (nSPS) is 10.9. The third-order valence-electron chi connectivity index (χ3n) is 4.69. The number of aryl methyl sites for hydroxylation is 1. The second-order valence-corrected chi connectivity index (χ2v) is 6.89. The van der Waals surface area contributed by atoms with Crippen LogP contribution in [0.5, 0.6) is 5.75 Å². The van der Waals surface area contributed by atoms with Crippen LogP contribution in [0.25, 0.3) is 10.8 Å². The molecular weight excluding hydrogens is 390 g/mol. The summed E-state index contributed by atoms with van der Waals surface area (Å²) in [4.78, 5) is 28.8. The number of esters is 1. The smallest absolute Gasteiger partial charge is 0.343 e. The molecule has 0 aliphatic heterocycles. The number of hydrazone groups is 1. The monoisotopic (exact) mass is 409 g/mol. The highest BCUT2D eigenvalue weighted by atomic mass is 16.5. The van der Waals surface area contributed by atoms with E-state index in [4.69, 9.17) is 4.74 Å². The quantitative estimate of drug-likeness (QED) is 0.227. The van der Waals surface area contributed by atoms with E-state index in [9.17, 15) is 9.59 Å². The fourth-order valence-electron chi connectivity index (χ4n) is 3.15. The average molecular weight is 409 g/mol. The number of ether oxygens (including phenoxy) is 1. The first-order valence-corrected chi connectivity index (χ1v) is 9.66. The first kappa shape index (κ1) is 20.0. The van der Waals surface area contributed by atoms with Crippen LogP contribution in [0.4, 0.5) is 0 Å². The van der Waals surface area contributed by atoms with Crippen LogP contribution >= 0.6 is 0 Å². The maximum atomic E-state index is 12.7. The molecule has 0 saturated heterocycles. The van der Waals surface area contributed by atoms with Gasteiger partial charge in [-0.2, -0.15) is 5.10 Å². The molecule has 1 N–H and O–H groups in total. The largest absolute Gasteiger partial charge is 0.422 e. The van der Waals surface area contributed by atoms with E-state index >= 15 is 0 Å². The Morgan fingerprint density at radius 2 is 1.74 bits per heavy atom. The molecule has 0 bridgehead atoms. The van der Waals surface area contributed by atoms with Gasteiger partial charge in [0, 0.05) is 23.5 Å². The van der Waals surface area contributed by atoms with E-state index in [1.165, 1.54) is 18.6 Å². The van der Waals surface area contributed by atoms with Crippen molar-refractivity contribution < 1.29 is 14.3 Å². The lowest BCUT2D eigenvalue weighted by molar-refractivity contribution is 0.0734. The third-order valence-corrected chi connectivity index (χ3v) is 4.69. The molecule has 6 heteroatoms. The summed E-state index contributed by atoms with van der Waals surface area (Å²) in [6.07, 6.45) is 4.55. The maximum Gasteiger partial charge on any atom is 0.343 e. The molecule has 0 aliphatic rings. The van der Waals surface area contributed by atoms with Gasteiger partial charge in [-0.3, -0.25) is 9.78 Å². The maximum absolute atomic E-state index is 12.7. The molecule has 0 atom stereocenters. The minimum atomic E-state index is -0.463. The molecule has 4 aromatic rings. The first-order chi connectivity index (χ1) is 15.1. The van der Waals surface area contributed by atoms with Crippen molar-refractivity contribution >= 4 is 28.9 Å². The number of nitrogens with one attached hydrogen (secondary N) is 1. The van der Waals surface area contributed by atoms with Gasteiger partial charge in [0.05, 0.1) is 11.8 Å². The lowest BCUT2D eigenvalue weighted by Gasteiger charge is -2.11. The zero-order valence-corrected chi connectivity index (χ0v) is 16.8. The fraction of sp³-hybridized carbons (Fsp3) is 0.0400. The molecule has 0 unspecified atom stereocenters. The van der Waals surface area contributed by atoms with E-state index < -0.39 is 5.97 Å². The van der Waals surface area contributed by atoms with Gasteiger partial charge in [0.25, 0.3) is 5.91 Å². The number of amides is 1. The Hall–Kier alpha value is -4.32. The molecule has 4 rings (SSSR count). The molecule has 0 aliphatic carbocycles. The van der Waals surface area contributed by atoms with Crippen LogP contribution in [0, 0.1) is 6.92 Å². The van der Waals surface area contributed by atoms with Crippen LogP contribution in [0.1, 0.15) is 31.8 Å². The SMILES string of the molecule is Cc1cccc(C(=O)Oc2ccc3ccccc3c2C=NNC(=O)c2ccncc2)c1. The number of rotatable bonds is 5. The number of carbonyl (C=O) groups excluding carboxylic acids is 2. The average Bonchev–Trinajstić information content (AvgIpc) is 2.80. The van der Waals surface area contributed by atoms with Gasteiger partial charge in [-0.15, -0.1) is 0 Å². The Kier molecular flexibility index (Phi) is 5.80. The Labute approximate surface area is 179 Å². The lowest BCUT2D eigenvalue weighted by atomic mass is 10.0. The van der Waals surface area contributed by atoms with Gasteiger partial charge in [0.15, 0.2) is 0 Å². The first-order valence-electron chi connectivity index (χ1n) is 9.66. The number of benzene rings is 3. The van der Waals surface area contributed by atoms with E-state index in [2.05, 4.69) is 15.5 Å². The topological polar surface area (TPSA) is 80.6 Å². The highest BCUT2D eigenvalue weighted by Gasteiger charge is 2.14. The number of pyridine rings is 1. The molecular formula is C25H19N3O3. The molecule has 1 aromatic heterocycles. The highest BCUT2D eigenvalue weighted by Crippen LogP contribution is 2.27. The summed E-state index contributed by atoms with van der Waals surface area (Å²) in [6, 6.07) is 21.7. The van der Waals surface area contributed by atoms with Gasteiger partial charge in [0.2, 0.25) is 0 Å². The summed E-state index contributed by atoms with van der Waals surface area (Å²) in [5.74, 6) is -0.473. The summed E-state index contributed by atoms with van der Waals surface area (Å²) in [5.41, 5.74) is 4.95. The Balaban J connectivity index is 1.64. The van der Waals surface area contributed by atoms with E-state index in [1.807, 2.05) is 49.4 Å². The molecule has 3 aromatic carbocycles. The van der Waals surface area contributed by atoms with Gasteiger partial charge in [-0.1, -0.05) is 48.0 Å². The molecule has 0 spiro atoms. The van der Waals surface area contributed by atoms with Crippen LogP contribution in [0.3, 0.4) is 0 Å². The minimum absolute atomic E-state index is 0.354. The summed E-state index contributed by atoms with van der Waals surface area (Å²) in [6.45, 7) is 1.91. The highest BCUT2D eigenvalue weighted by molar-refractivity contribution is 6.04. The molecule has 31 heavy (non-hydrogen) atoms. The lowest BCUT2D eigenvalue weighted by Crippen LogP contribution is -2.17.